The molecule has 0 unspecified atom stereocenters. The maximum absolute atomic E-state index is 4.76. The second-order valence-electron chi connectivity index (χ2n) is 0.101. The molecule has 0 radical (unpaired) electrons. The number of hydrogen-bond acceptors (Lipinski definition) is 0. The maximum atomic E-state index is 4.76. The first-order valence-corrected chi connectivity index (χ1v) is 1.60. The largest absolute Gasteiger partial charge is 3.00 e. The summed E-state index contributed by atoms with van der Waals surface area (Å²) in [4.78, 5) is 0. The Balaban J connectivity index is -0.00000000200. The third-order valence-electron chi connectivity index (χ3n) is 0. The van der Waals surface area contributed by atoms with E-state index < -0.39 is 0 Å². The SMILES string of the molecule is ClCCl.[Al+3].[Al+3].[O-2].[O-2].[O-2]. The first-order valence-electron chi connectivity index (χ1n) is 0.535. The average Bonchev–Trinajstić information content (AvgIpc) is 0.918. The Hall–Kier alpha value is 1.52. The Morgan fingerprint density at radius 2 is 0.750 bits per heavy atom. The van der Waals surface area contributed by atoms with Crippen LogP contribution >= 0.6 is 23.2 Å². The van der Waals surface area contributed by atoms with Crippen molar-refractivity contribution >= 4 is 57.9 Å². The van der Waals surface area contributed by atoms with E-state index in [-0.39, 0.29) is 56.5 Å². The van der Waals surface area contributed by atoms with E-state index >= 15 is 0 Å². The standard InChI is InChI=1S/CH2Cl2.2Al.3O/c2-1-3;;;;;/h1H2;;;;;/q;2*+3;3*-2. The van der Waals surface area contributed by atoms with Gasteiger partial charge < -0.3 is 16.4 Å². The van der Waals surface area contributed by atoms with Crippen LogP contribution in [0.4, 0.5) is 0 Å². The summed E-state index contributed by atoms with van der Waals surface area (Å²) in [5.41, 5.74) is 0. The quantitative estimate of drug-likeness (QED) is 0.385. The molecule has 7 heteroatoms. The van der Waals surface area contributed by atoms with Gasteiger partial charge in [-0.25, -0.2) is 0 Å². The Bertz CT molecular complexity index is 15.2. The predicted octanol–water partition coefficient (Wildman–Crippen LogP) is 0.303. The molecule has 0 spiro atoms. The molecule has 44 valence electrons. The Labute approximate surface area is 79.5 Å². The molecule has 0 aliphatic heterocycles. The molecule has 0 aliphatic carbocycles. The normalized spacial score (nSPS) is 2.25. The number of rotatable bonds is 0. The Morgan fingerprint density at radius 1 is 0.750 bits per heavy atom. The van der Waals surface area contributed by atoms with Crippen molar-refractivity contribution in [2.24, 2.45) is 0 Å². The van der Waals surface area contributed by atoms with E-state index in [1.54, 1.807) is 0 Å². The maximum Gasteiger partial charge on any atom is 3.00 e. The van der Waals surface area contributed by atoms with E-state index in [0.717, 1.165) is 0 Å². The van der Waals surface area contributed by atoms with E-state index in [9.17, 15) is 0 Å². The van der Waals surface area contributed by atoms with Crippen LogP contribution in [-0.2, 0) is 16.4 Å². The molecule has 0 aliphatic rings. The van der Waals surface area contributed by atoms with Gasteiger partial charge in [-0.15, -0.1) is 23.2 Å². The minimum absolute atomic E-state index is 0. The molecule has 0 saturated carbocycles. The molecule has 0 fully saturated rings. The summed E-state index contributed by atoms with van der Waals surface area (Å²) >= 11 is 9.53. The third-order valence-corrected chi connectivity index (χ3v) is 0. The fourth-order valence-electron chi connectivity index (χ4n) is 0. The summed E-state index contributed by atoms with van der Waals surface area (Å²) in [5, 5.41) is 0.194. The fraction of sp³-hybridized carbons (Fsp3) is 1.00. The molecule has 0 rings (SSSR count). The van der Waals surface area contributed by atoms with E-state index in [1.807, 2.05) is 0 Å². The van der Waals surface area contributed by atoms with Gasteiger partial charge in [0, 0.05) is 0 Å². The van der Waals surface area contributed by atoms with Crippen LogP contribution in [0.3, 0.4) is 0 Å². The van der Waals surface area contributed by atoms with Crippen LogP contribution in [0.2, 0.25) is 0 Å². The zero-order valence-electron chi connectivity index (χ0n) is 3.84. The van der Waals surface area contributed by atoms with Gasteiger partial charge in [0.15, 0.2) is 0 Å². The van der Waals surface area contributed by atoms with E-state index in [2.05, 4.69) is 0 Å². The van der Waals surface area contributed by atoms with Crippen LogP contribution < -0.4 is 0 Å². The number of halogens is 2. The van der Waals surface area contributed by atoms with Crippen molar-refractivity contribution < 1.29 is 16.4 Å². The minimum Gasteiger partial charge on any atom is -2.00 e. The fourth-order valence-corrected chi connectivity index (χ4v) is 0. The summed E-state index contributed by atoms with van der Waals surface area (Å²) in [6.45, 7) is 0. The molecule has 0 atom stereocenters. The van der Waals surface area contributed by atoms with Crippen LogP contribution in [0.5, 0.6) is 0 Å². The van der Waals surface area contributed by atoms with Gasteiger partial charge in [-0.3, -0.25) is 0 Å². The van der Waals surface area contributed by atoms with Crippen molar-refractivity contribution in [2.45, 2.75) is 0 Å². The van der Waals surface area contributed by atoms with Crippen LogP contribution in [-0.4, -0.2) is 40.1 Å². The van der Waals surface area contributed by atoms with Crippen LogP contribution in [0.25, 0.3) is 0 Å². The van der Waals surface area contributed by atoms with Crippen LogP contribution in [0.15, 0.2) is 0 Å². The molecular weight excluding hydrogens is 185 g/mol. The molecule has 0 aromatic carbocycles. The first-order chi connectivity index (χ1) is 1.41. The van der Waals surface area contributed by atoms with E-state index in [4.69, 9.17) is 23.2 Å². The second-order valence-corrected chi connectivity index (χ2v) is 0.909. The van der Waals surface area contributed by atoms with Gasteiger partial charge in [-0.1, -0.05) is 0 Å². The molecule has 0 bridgehead atoms. The Kier molecular flexibility index (Phi) is 527. The molecule has 0 N–H and O–H groups in total. The van der Waals surface area contributed by atoms with Crippen molar-refractivity contribution in [3.05, 3.63) is 0 Å². The molecule has 0 aromatic rings. The molecular formula is CH2Al2Cl2O3. The summed E-state index contributed by atoms with van der Waals surface area (Å²) < 4.78 is 0. The van der Waals surface area contributed by atoms with Crippen molar-refractivity contribution in [1.29, 1.82) is 0 Å². The number of hydrogen-bond donors (Lipinski definition) is 0. The summed E-state index contributed by atoms with van der Waals surface area (Å²) in [7, 11) is 0. The summed E-state index contributed by atoms with van der Waals surface area (Å²) in [5.74, 6) is 0. The van der Waals surface area contributed by atoms with Crippen LogP contribution in [0, 0.1) is 0 Å². The van der Waals surface area contributed by atoms with E-state index in [0.29, 0.717) is 0 Å². The zero-order valence-corrected chi connectivity index (χ0v) is 7.66. The smallest absolute Gasteiger partial charge is 2.00 e. The summed E-state index contributed by atoms with van der Waals surface area (Å²) in [6, 6.07) is 0. The predicted molar refractivity (Wildman–Crippen MR) is 30.1 cm³/mol. The molecule has 0 amide bonds. The average molecular weight is 187 g/mol. The minimum atomic E-state index is 0. The number of alkyl halides is 2. The van der Waals surface area contributed by atoms with Gasteiger partial charge in [-0.05, 0) is 0 Å². The molecule has 0 heterocycles. The topological polar surface area (TPSA) is 85.5 Å². The molecule has 3 nitrogen and oxygen atoms in total. The zero-order chi connectivity index (χ0) is 2.71. The monoisotopic (exact) mass is 186 g/mol. The second kappa shape index (κ2) is 75.7. The third kappa shape index (κ3) is 138. The van der Waals surface area contributed by atoms with Gasteiger partial charge in [0.25, 0.3) is 0 Å². The van der Waals surface area contributed by atoms with Crippen molar-refractivity contribution in [2.75, 3.05) is 5.34 Å². The van der Waals surface area contributed by atoms with Gasteiger partial charge >= 0.3 is 34.7 Å². The molecule has 0 aromatic heterocycles. The van der Waals surface area contributed by atoms with Crippen molar-refractivity contribution in [3.63, 3.8) is 0 Å². The van der Waals surface area contributed by atoms with E-state index in [1.165, 1.54) is 0 Å². The van der Waals surface area contributed by atoms with Gasteiger partial charge in [0.05, 0.1) is 5.34 Å². The molecule has 0 saturated heterocycles. The van der Waals surface area contributed by atoms with Gasteiger partial charge in [0.1, 0.15) is 0 Å². The Morgan fingerprint density at radius 3 is 0.750 bits per heavy atom. The van der Waals surface area contributed by atoms with Crippen molar-refractivity contribution in [1.82, 2.24) is 0 Å². The van der Waals surface area contributed by atoms with Gasteiger partial charge in [0.2, 0.25) is 0 Å². The van der Waals surface area contributed by atoms with Crippen molar-refractivity contribution in [3.8, 4) is 0 Å². The van der Waals surface area contributed by atoms with Crippen LogP contribution in [0.1, 0.15) is 0 Å². The molecule has 8 heavy (non-hydrogen) atoms. The summed E-state index contributed by atoms with van der Waals surface area (Å²) in [6.07, 6.45) is 0. The van der Waals surface area contributed by atoms with Gasteiger partial charge in [-0.2, -0.15) is 0 Å². The first kappa shape index (κ1) is 55.7.